The fourth-order valence-corrected chi connectivity index (χ4v) is 5.39. The lowest BCUT2D eigenvalue weighted by atomic mass is 9.95. The Hall–Kier alpha value is -3.41. The molecule has 3 atom stereocenters. The van der Waals surface area contributed by atoms with E-state index >= 15 is 0 Å². The molecule has 0 aromatic heterocycles. The summed E-state index contributed by atoms with van der Waals surface area (Å²) in [6.45, 7) is 3.24. The van der Waals surface area contributed by atoms with Gasteiger partial charge in [0.05, 0.1) is 18.8 Å². The number of hydrogen-bond donors (Lipinski definition) is 4. The van der Waals surface area contributed by atoms with E-state index in [9.17, 15) is 19.1 Å². The molecule has 1 aliphatic carbocycles. The zero-order valence-electron chi connectivity index (χ0n) is 23.9. The van der Waals surface area contributed by atoms with Gasteiger partial charge >= 0.3 is 0 Å². The van der Waals surface area contributed by atoms with Crippen molar-refractivity contribution in [3.63, 3.8) is 0 Å². The van der Waals surface area contributed by atoms with Crippen LogP contribution in [-0.2, 0) is 28.0 Å². The minimum absolute atomic E-state index is 0.138. The van der Waals surface area contributed by atoms with Crippen molar-refractivity contribution in [1.29, 1.82) is 0 Å². The number of amides is 2. The normalized spacial score (nSPS) is 22.3. The molecule has 1 heterocycles. The molecule has 0 saturated heterocycles. The molecule has 3 unspecified atom stereocenters. The van der Waals surface area contributed by atoms with Gasteiger partial charge in [-0.25, -0.2) is 4.39 Å². The van der Waals surface area contributed by atoms with Crippen molar-refractivity contribution >= 4 is 11.8 Å². The summed E-state index contributed by atoms with van der Waals surface area (Å²) >= 11 is 0. The van der Waals surface area contributed by atoms with Gasteiger partial charge in [-0.05, 0) is 73.8 Å². The van der Waals surface area contributed by atoms with Gasteiger partial charge in [0, 0.05) is 43.5 Å². The number of aryl methyl sites for hydroxylation is 1. The van der Waals surface area contributed by atoms with Crippen LogP contribution in [0.4, 0.5) is 4.39 Å². The highest BCUT2D eigenvalue weighted by atomic mass is 19.1. The zero-order valence-corrected chi connectivity index (χ0v) is 23.9. The maximum Gasteiger partial charge on any atom is 0.224 e. The summed E-state index contributed by atoms with van der Waals surface area (Å²) in [5.74, 6) is 1.45. The fourth-order valence-electron chi connectivity index (χ4n) is 5.39. The van der Waals surface area contributed by atoms with Crippen LogP contribution >= 0.6 is 0 Å². The van der Waals surface area contributed by atoms with Crippen molar-refractivity contribution in [2.24, 2.45) is 5.92 Å². The number of ether oxygens (including phenoxy) is 1. The maximum absolute atomic E-state index is 14.6. The van der Waals surface area contributed by atoms with Gasteiger partial charge in [-0.3, -0.25) is 9.59 Å². The van der Waals surface area contributed by atoms with Gasteiger partial charge in [0.15, 0.2) is 0 Å². The van der Waals surface area contributed by atoms with Gasteiger partial charge in [-0.15, -0.1) is 12.3 Å². The number of rotatable bonds is 7. The minimum atomic E-state index is -0.963. The van der Waals surface area contributed by atoms with E-state index in [0.29, 0.717) is 43.7 Å². The standard InChI is InChI=1S/C33H42FN3O4/c1-3-8-25-11-12-31(39)35-15-5-6-16-41-28-19-24(18-27(34)21-28)20-29(37-32(25)40)30(38)22-36-33(13-14-33)26-10-7-9-23(4-2)17-26/h1,7,9-10,17-19,21,25,29-30,36,38H,4-6,8,11-16,20,22H2,2H3,(H,35,39)(H,37,40). The van der Waals surface area contributed by atoms with Crippen LogP contribution in [0.1, 0.15) is 68.6 Å². The molecule has 1 saturated carbocycles. The molecular weight excluding hydrogens is 521 g/mol. The molecule has 2 bridgehead atoms. The molecule has 0 spiro atoms. The molecule has 2 amide bonds. The third kappa shape index (κ3) is 8.79. The number of carbonyl (C=O) groups excluding carboxylic acids is 2. The van der Waals surface area contributed by atoms with Crippen molar-refractivity contribution < 1.29 is 23.8 Å². The van der Waals surface area contributed by atoms with E-state index in [0.717, 1.165) is 19.3 Å². The molecule has 0 radical (unpaired) electrons. The molecule has 2 aromatic rings. The first-order valence-corrected chi connectivity index (χ1v) is 14.8. The number of benzene rings is 2. The summed E-state index contributed by atoms with van der Waals surface area (Å²) in [4.78, 5) is 25.7. The highest BCUT2D eigenvalue weighted by molar-refractivity contribution is 5.81. The fraction of sp³-hybridized carbons (Fsp3) is 0.515. The Bertz CT molecular complexity index is 1240. The van der Waals surface area contributed by atoms with E-state index in [1.54, 1.807) is 6.07 Å². The number of hydrogen-bond acceptors (Lipinski definition) is 5. The van der Waals surface area contributed by atoms with Crippen LogP contribution in [0, 0.1) is 24.1 Å². The number of nitrogens with one attached hydrogen (secondary N) is 3. The summed E-state index contributed by atoms with van der Waals surface area (Å²) in [7, 11) is 0. The number of aliphatic hydroxyl groups is 1. The summed E-state index contributed by atoms with van der Waals surface area (Å²) < 4.78 is 20.3. The molecule has 1 aliphatic heterocycles. The van der Waals surface area contributed by atoms with Crippen LogP contribution in [0.3, 0.4) is 0 Å². The van der Waals surface area contributed by atoms with Gasteiger partial charge in [0.2, 0.25) is 11.8 Å². The first kappa shape index (κ1) is 30.5. The Labute approximate surface area is 242 Å². The maximum atomic E-state index is 14.6. The van der Waals surface area contributed by atoms with Crippen LogP contribution < -0.4 is 20.7 Å². The monoisotopic (exact) mass is 563 g/mol. The largest absolute Gasteiger partial charge is 0.493 e. The lowest BCUT2D eigenvalue weighted by Gasteiger charge is -2.29. The average Bonchev–Trinajstić information content (AvgIpc) is 3.76. The number of carbonyl (C=O) groups is 2. The first-order valence-electron chi connectivity index (χ1n) is 14.8. The lowest BCUT2D eigenvalue weighted by molar-refractivity contribution is -0.127. The van der Waals surface area contributed by atoms with Crippen molar-refractivity contribution in [3.05, 3.63) is 65.0 Å². The van der Waals surface area contributed by atoms with Gasteiger partial charge in [-0.1, -0.05) is 31.2 Å². The molecule has 2 aromatic carbocycles. The molecule has 4 N–H and O–H groups in total. The molecule has 2 aliphatic rings. The first-order chi connectivity index (χ1) is 19.8. The molecule has 4 rings (SSSR count). The van der Waals surface area contributed by atoms with Crippen molar-refractivity contribution in [2.75, 3.05) is 19.7 Å². The highest BCUT2D eigenvalue weighted by Crippen LogP contribution is 2.45. The molecule has 220 valence electrons. The predicted octanol–water partition coefficient (Wildman–Crippen LogP) is 3.76. The highest BCUT2D eigenvalue weighted by Gasteiger charge is 2.44. The van der Waals surface area contributed by atoms with E-state index in [1.165, 1.54) is 23.3 Å². The second-order valence-corrected chi connectivity index (χ2v) is 11.2. The van der Waals surface area contributed by atoms with E-state index in [2.05, 4.69) is 53.1 Å². The van der Waals surface area contributed by atoms with Crippen LogP contribution in [0.15, 0.2) is 42.5 Å². The third-order valence-electron chi connectivity index (χ3n) is 8.08. The number of fused-ring (bicyclic) bond motifs is 2. The van der Waals surface area contributed by atoms with Crippen molar-refractivity contribution in [1.82, 2.24) is 16.0 Å². The quantitative estimate of drug-likeness (QED) is 0.385. The van der Waals surface area contributed by atoms with Crippen LogP contribution in [0.5, 0.6) is 5.75 Å². The topological polar surface area (TPSA) is 99.7 Å². The Morgan fingerprint density at radius 1 is 1.22 bits per heavy atom. The zero-order chi connectivity index (χ0) is 29.2. The molecule has 1 fully saturated rings. The van der Waals surface area contributed by atoms with Gasteiger partial charge < -0.3 is 25.8 Å². The summed E-state index contributed by atoms with van der Waals surface area (Å²) in [5.41, 5.74) is 2.86. The SMILES string of the molecule is C#CCC1CCC(=O)NCCCCOc2cc(F)cc(c2)CC(C(O)CNC2(c3cccc(CC)c3)CC2)NC1=O. The van der Waals surface area contributed by atoms with Gasteiger partial charge in [-0.2, -0.15) is 0 Å². The minimum Gasteiger partial charge on any atom is -0.493 e. The van der Waals surface area contributed by atoms with Crippen LogP contribution in [0.2, 0.25) is 0 Å². The van der Waals surface area contributed by atoms with E-state index in [1.807, 2.05) is 0 Å². The average molecular weight is 564 g/mol. The lowest BCUT2D eigenvalue weighted by Crippen LogP contribution is -2.51. The van der Waals surface area contributed by atoms with Crippen molar-refractivity contribution in [3.8, 4) is 18.1 Å². The Kier molecular flexibility index (Phi) is 10.8. The van der Waals surface area contributed by atoms with E-state index in [4.69, 9.17) is 11.2 Å². The van der Waals surface area contributed by atoms with Gasteiger partial charge in [0.25, 0.3) is 0 Å². The summed E-state index contributed by atoms with van der Waals surface area (Å²) in [5, 5.41) is 20.8. The predicted molar refractivity (Wildman–Crippen MR) is 157 cm³/mol. The van der Waals surface area contributed by atoms with Crippen LogP contribution in [-0.4, -0.2) is 48.8 Å². The van der Waals surface area contributed by atoms with E-state index in [-0.39, 0.29) is 43.2 Å². The Balaban J connectivity index is 1.54. The number of terminal acetylenes is 1. The Morgan fingerprint density at radius 2 is 2.05 bits per heavy atom. The van der Waals surface area contributed by atoms with Gasteiger partial charge in [0.1, 0.15) is 11.6 Å². The van der Waals surface area contributed by atoms with Crippen molar-refractivity contribution in [2.45, 2.75) is 82.4 Å². The summed E-state index contributed by atoms with van der Waals surface area (Å²) in [6.07, 6.45) is 9.72. The second-order valence-electron chi connectivity index (χ2n) is 11.2. The second kappa shape index (κ2) is 14.5. The molecular formula is C33H42FN3O4. The smallest absolute Gasteiger partial charge is 0.224 e. The summed E-state index contributed by atoms with van der Waals surface area (Å²) in [6, 6.07) is 12.3. The molecule has 8 heteroatoms. The van der Waals surface area contributed by atoms with E-state index < -0.39 is 23.9 Å². The van der Waals surface area contributed by atoms with Crippen LogP contribution in [0.25, 0.3) is 0 Å². The third-order valence-corrected chi connectivity index (χ3v) is 8.08. The molecule has 41 heavy (non-hydrogen) atoms. The molecule has 7 nitrogen and oxygen atoms in total. The number of aliphatic hydroxyl groups excluding tert-OH is 1. The number of halogens is 1. The Morgan fingerprint density at radius 3 is 2.80 bits per heavy atom.